The van der Waals surface area contributed by atoms with Gasteiger partial charge in [0.1, 0.15) is 0 Å². The summed E-state index contributed by atoms with van der Waals surface area (Å²) in [5.74, 6) is 0.466. The van der Waals surface area contributed by atoms with Crippen LogP contribution < -0.4 is 0 Å². The molecule has 0 aromatic carbocycles. The molecule has 50 valence electrons. The summed E-state index contributed by atoms with van der Waals surface area (Å²) >= 11 is 0. The van der Waals surface area contributed by atoms with Crippen LogP contribution in [0.25, 0.3) is 0 Å². The molecule has 0 N–H and O–H groups in total. The minimum Gasteiger partial charge on any atom is -0.298 e. The molecule has 0 saturated carbocycles. The molecule has 0 aliphatic carbocycles. The van der Waals surface area contributed by atoms with Crippen LogP contribution in [0.5, 0.6) is 0 Å². The van der Waals surface area contributed by atoms with Crippen LogP contribution in [-0.2, 0) is 4.79 Å². The molecule has 2 nitrogen and oxygen atoms in total. The molecule has 2 rings (SSSR count). The van der Waals surface area contributed by atoms with Crippen LogP contribution in [0.3, 0.4) is 0 Å². The summed E-state index contributed by atoms with van der Waals surface area (Å²) in [5.41, 5.74) is 0. The van der Waals surface area contributed by atoms with Gasteiger partial charge in [-0.1, -0.05) is 0 Å². The third-order valence-corrected chi connectivity index (χ3v) is 2.65. The fourth-order valence-corrected chi connectivity index (χ4v) is 2.01. The summed E-state index contributed by atoms with van der Waals surface area (Å²) in [7, 11) is 2.06. The zero-order chi connectivity index (χ0) is 6.43. The molecule has 2 aliphatic rings. The van der Waals surface area contributed by atoms with Crippen molar-refractivity contribution in [2.24, 2.45) is 0 Å². The highest BCUT2D eigenvalue weighted by atomic mass is 16.1. The highest BCUT2D eigenvalue weighted by molar-refractivity contribution is 5.87. The van der Waals surface area contributed by atoms with E-state index in [1.54, 1.807) is 0 Å². The van der Waals surface area contributed by atoms with Crippen LogP contribution in [-0.4, -0.2) is 29.8 Å². The van der Waals surface area contributed by atoms with Gasteiger partial charge in [-0.15, -0.1) is 0 Å². The monoisotopic (exact) mass is 125 g/mol. The maximum Gasteiger partial charge on any atom is 0.151 e. The summed E-state index contributed by atoms with van der Waals surface area (Å²) < 4.78 is 0. The van der Waals surface area contributed by atoms with Crippen LogP contribution in [0, 0.1) is 0 Å². The molecule has 2 atom stereocenters. The van der Waals surface area contributed by atoms with E-state index < -0.39 is 0 Å². The fraction of sp³-hybridized carbons (Fsp3) is 0.857. The lowest BCUT2D eigenvalue weighted by molar-refractivity contribution is -0.120. The van der Waals surface area contributed by atoms with Crippen LogP contribution >= 0.6 is 0 Å². The number of hydrogen-bond donors (Lipinski definition) is 0. The summed E-state index contributed by atoms with van der Waals surface area (Å²) in [6.45, 7) is 0. The Kier molecular flexibility index (Phi) is 0.943. The number of carbonyl (C=O) groups excluding carboxylic acids is 1. The SMILES string of the molecule is CN1[C@H]2CC[C@@H]1C(=O)C2. The summed E-state index contributed by atoms with van der Waals surface area (Å²) in [5, 5.41) is 0. The second-order valence-electron chi connectivity index (χ2n) is 3.08. The van der Waals surface area contributed by atoms with Crippen molar-refractivity contribution in [2.45, 2.75) is 31.3 Å². The molecular formula is C7H11NO. The van der Waals surface area contributed by atoms with Crippen molar-refractivity contribution in [1.82, 2.24) is 4.90 Å². The van der Waals surface area contributed by atoms with Crippen molar-refractivity contribution < 1.29 is 4.79 Å². The zero-order valence-corrected chi connectivity index (χ0v) is 5.63. The molecule has 0 aromatic rings. The van der Waals surface area contributed by atoms with Crippen LogP contribution in [0.1, 0.15) is 19.3 Å². The maximum absolute atomic E-state index is 11.0. The van der Waals surface area contributed by atoms with Gasteiger partial charge in [-0.3, -0.25) is 9.69 Å². The number of likely N-dealkylation sites (N-methyl/N-ethyl adjacent to an activating group) is 1. The summed E-state index contributed by atoms with van der Waals surface area (Å²) in [6, 6.07) is 0.900. The van der Waals surface area contributed by atoms with Crippen molar-refractivity contribution in [3.63, 3.8) is 0 Å². The average molecular weight is 125 g/mol. The summed E-state index contributed by atoms with van der Waals surface area (Å²) in [6.07, 6.45) is 3.17. The summed E-state index contributed by atoms with van der Waals surface area (Å²) in [4.78, 5) is 13.2. The van der Waals surface area contributed by atoms with Gasteiger partial charge in [0.15, 0.2) is 5.78 Å². The van der Waals surface area contributed by atoms with E-state index in [0.717, 1.165) is 12.8 Å². The van der Waals surface area contributed by atoms with Crippen molar-refractivity contribution in [3.05, 3.63) is 0 Å². The molecule has 2 bridgehead atoms. The first-order valence-corrected chi connectivity index (χ1v) is 3.53. The fourth-order valence-electron chi connectivity index (χ4n) is 2.01. The molecule has 0 unspecified atom stereocenters. The number of ketones is 1. The number of Topliss-reactive ketones (excluding diaryl/α,β-unsaturated/α-hetero) is 1. The lowest BCUT2D eigenvalue weighted by atomic mass is 10.00. The quantitative estimate of drug-likeness (QED) is 0.467. The van der Waals surface area contributed by atoms with Crippen molar-refractivity contribution in [2.75, 3.05) is 7.05 Å². The lowest BCUT2D eigenvalue weighted by Crippen LogP contribution is -2.25. The second kappa shape index (κ2) is 1.57. The molecule has 2 fully saturated rings. The van der Waals surface area contributed by atoms with E-state index in [-0.39, 0.29) is 0 Å². The predicted molar refractivity (Wildman–Crippen MR) is 34.2 cm³/mol. The third-order valence-electron chi connectivity index (χ3n) is 2.65. The van der Waals surface area contributed by atoms with Gasteiger partial charge >= 0.3 is 0 Å². The van der Waals surface area contributed by atoms with Gasteiger partial charge < -0.3 is 0 Å². The minimum absolute atomic E-state index is 0.301. The topological polar surface area (TPSA) is 20.3 Å². The molecule has 2 saturated heterocycles. The first-order chi connectivity index (χ1) is 4.29. The van der Waals surface area contributed by atoms with Gasteiger partial charge in [0, 0.05) is 12.5 Å². The largest absolute Gasteiger partial charge is 0.298 e. The Bertz CT molecular complexity index is 155. The molecule has 0 aromatic heterocycles. The van der Waals surface area contributed by atoms with E-state index >= 15 is 0 Å². The Hall–Kier alpha value is -0.370. The first kappa shape index (κ1) is 5.42. The van der Waals surface area contributed by atoms with E-state index in [4.69, 9.17) is 0 Å². The van der Waals surface area contributed by atoms with Crippen LogP contribution in [0.15, 0.2) is 0 Å². The van der Waals surface area contributed by atoms with Gasteiger partial charge in [-0.2, -0.15) is 0 Å². The Morgan fingerprint density at radius 2 is 2.33 bits per heavy atom. The van der Waals surface area contributed by atoms with E-state index in [1.807, 2.05) is 0 Å². The Balaban J connectivity index is 2.26. The average Bonchev–Trinajstić information content (AvgIpc) is 2.25. The molecule has 2 aliphatic heterocycles. The molecule has 0 amide bonds. The predicted octanol–water partition coefficient (Wildman–Crippen LogP) is 0.422. The number of rotatable bonds is 0. The standard InChI is InChI=1S/C7H11NO/c1-8-5-2-3-6(8)7(9)4-5/h5-6H,2-4H2,1H3/t5-,6+/m0/s1. The van der Waals surface area contributed by atoms with Crippen LogP contribution in [0.4, 0.5) is 0 Å². The molecule has 2 heterocycles. The minimum atomic E-state index is 0.301. The van der Waals surface area contributed by atoms with Gasteiger partial charge in [-0.05, 0) is 19.9 Å². The van der Waals surface area contributed by atoms with E-state index in [2.05, 4.69) is 11.9 Å². The number of fused-ring (bicyclic) bond motifs is 2. The Labute approximate surface area is 54.8 Å². The Morgan fingerprint density at radius 1 is 1.56 bits per heavy atom. The molecule has 2 heteroatoms. The van der Waals surface area contributed by atoms with Crippen molar-refractivity contribution in [3.8, 4) is 0 Å². The highest BCUT2D eigenvalue weighted by Gasteiger charge is 2.42. The van der Waals surface area contributed by atoms with Crippen molar-refractivity contribution >= 4 is 5.78 Å². The highest BCUT2D eigenvalue weighted by Crippen LogP contribution is 2.32. The van der Waals surface area contributed by atoms with Gasteiger partial charge in [0.25, 0.3) is 0 Å². The van der Waals surface area contributed by atoms with E-state index in [0.29, 0.717) is 17.9 Å². The molecule has 0 radical (unpaired) electrons. The molecular weight excluding hydrogens is 114 g/mol. The second-order valence-corrected chi connectivity index (χ2v) is 3.08. The number of hydrogen-bond acceptors (Lipinski definition) is 2. The van der Waals surface area contributed by atoms with Gasteiger partial charge in [-0.25, -0.2) is 0 Å². The molecule has 0 spiro atoms. The first-order valence-electron chi connectivity index (χ1n) is 3.53. The van der Waals surface area contributed by atoms with Crippen LogP contribution in [0.2, 0.25) is 0 Å². The Morgan fingerprint density at radius 3 is 2.56 bits per heavy atom. The normalized spacial score (nSPS) is 42.6. The van der Waals surface area contributed by atoms with E-state index in [1.165, 1.54) is 6.42 Å². The van der Waals surface area contributed by atoms with Gasteiger partial charge in [0.05, 0.1) is 6.04 Å². The van der Waals surface area contributed by atoms with E-state index in [9.17, 15) is 4.79 Å². The smallest absolute Gasteiger partial charge is 0.151 e. The lowest BCUT2D eigenvalue weighted by Gasteiger charge is -2.11. The van der Waals surface area contributed by atoms with Gasteiger partial charge in [0.2, 0.25) is 0 Å². The third kappa shape index (κ3) is 0.568. The number of carbonyl (C=O) groups is 1. The maximum atomic E-state index is 11.0. The van der Waals surface area contributed by atoms with Crippen molar-refractivity contribution in [1.29, 1.82) is 0 Å². The zero-order valence-electron chi connectivity index (χ0n) is 5.63. The number of nitrogens with zero attached hydrogens (tertiary/aromatic N) is 1. The molecule has 9 heavy (non-hydrogen) atoms.